The van der Waals surface area contributed by atoms with E-state index in [0.717, 1.165) is 49.5 Å². The van der Waals surface area contributed by atoms with Crippen LogP contribution in [0.5, 0.6) is 0 Å². The molecular formula is C20H27N5O. The first-order valence-corrected chi connectivity index (χ1v) is 9.59. The van der Waals surface area contributed by atoms with Crippen molar-refractivity contribution in [3.8, 4) is 0 Å². The number of benzene rings is 1. The van der Waals surface area contributed by atoms with Crippen LogP contribution >= 0.6 is 0 Å². The van der Waals surface area contributed by atoms with E-state index in [2.05, 4.69) is 44.8 Å². The Bertz CT molecular complexity index is 739. The maximum atomic E-state index is 5.48. The highest BCUT2D eigenvalue weighted by molar-refractivity contribution is 5.74. The van der Waals surface area contributed by atoms with Crippen LogP contribution in [0.25, 0.3) is 0 Å². The van der Waals surface area contributed by atoms with Crippen molar-refractivity contribution in [2.45, 2.75) is 38.6 Å². The molecule has 6 nitrogen and oxygen atoms in total. The van der Waals surface area contributed by atoms with Gasteiger partial charge in [0.1, 0.15) is 5.82 Å². The Hall–Kier alpha value is -2.34. The normalized spacial score (nSPS) is 18.1. The molecule has 1 saturated carbocycles. The van der Waals surface area contributed by atoms with Crippen molar-refractivity contribution in [2.24, 2.45) is 0 Å². The number of morpholine rings is 1. The summed E-state index contributed by atoms with van der Waals surface area (Å²) in [7, 11) is 0. The van der Waals surface area contributed by atoms with E-state index >= 15 is 0 Å². The molecule has 2 heterocycles. The van der Waals surface area contributed by atoms with Gasteiger partial charge in [0.25, 0.3) is 0 Å². The molecule has 2 fully saturated rings. The number of ether oxygens (including phenoxy) is 1. The summed E-state index contributed by atoms with van der Waals surface area (Å²) in [6.07, 6.45) is 5.00. The SMILES string of the molecule is Cc1cc(Nc2ccccc2N2CCOCC2)nc(NC2CCCC2)n1. The average molecular weight is 353 g/mol. The van der Waals surface area contributed by atoms with Crippen molar-refractivity contribution < 1.29 is 4.74 Å². The van der Waals surface area contributed by atoms with Gasteiger partial charge in [-0.15, -0.1) is 0 Å². The molecule has 0 radical (unpaired) electrons. The molecule has 2 aromatic rings. The fraction of sp³-hybridized carbons (Fsp3) is 0.500. The van der Waals surface area contributed by atoms with Crippen molar-refractivity contribution >= 4 is 23.1 Å². The number of anilines is 4. The number of rotatable bonds is 5. The molecule has 0 spiro atoms. The highest BCUT2D eigenvalue weighted by Crippen LogP contribution is 2.29. The predicted octanol–water partition coefficient (Wildman–Crippen LogP) is 3.72. The lowest BCUT2D eigenvalue weighted by Gasteiger charge is -2.30. The first-order valence-electron chi connectivity index (χ1n) is 9.59. The summed E-state index contributed by atoms with van der Waals surface area (Å²) in [5, 5.41) is 7.00. The first kappa shape index (κ1) is 17.1. The van der Waals surface area contributed by atoms with Gasteiger partial charge in [0, 0.05) is 30.9 Å². The van der Waals surface area contributed by atoms with Gasteiger partial charge < -0.3 is 20.3 Å². The van der Waals surface area contributed by atoms with Gasteiger partial charge in [0.05, 0.1) is 24.6 Å². The topological polar surface area (TPSA) is 62.3 Å². The molecule has 6 heteroatoms. The summed E-state index contributed by atoms with van der Waals surface area (Å²) < 4.78 is 5.48. The van der Waals surface area contributed by atoms with Crippen molar-refractivity contribution in [2.75, 3.05) is 41.8 Å². The Morgan fingerprint density at radius 1 is 1.08 bits per heavy atom. The molecule has 138 valence electrons. The molecule has 2 N–H and O–H groups in total. The van der Waals surface area contributed by atoms with Gasteiger partial charge in [-0.1, -0.05) is 25.0 Å². The molecule has 2 aliphatic rings. The zero-order valence-corrected chi connectivity index (χ0v) is 15.4. The Balaban J connectivity index is 1.54. The number of nitrogens with one attached hydrogen (secondary N) is 2. The fourth-order valence-corrected chi connectivity index (χ4v) is 3.75. The Kier molecular flexibility index (Phi) is 5.20. The van der Waals surface area contributed by atoms with Crippen molar-refractivity contribution in [1.82, 2.24) is 9.97 Å². The molecule has 0 unspecified atom stereocenters. The van der Waals surface area contributed by atoms with Gasteiger partial charge in [-0.05, 0) is 31.9 Å². The summed E-state index contributed by atoms with van der Waals surface area (Å²) >= 11 is 0. The monoisotopic (exact) mass is 353 g/mol. The number of nitrogens with zero attached hydrogens (tertiary/aromatic N) is 3. The summed E-state index contributed by atoms with van der Waals surface area (Å²) in [6, 6.07) is 10.9. The second kappa shape index (κ2) is 7.91. The van der Waals surface area contributed by atoms with Crippen LogP contribution in [0.2, 0.25) is 0 Å². The van der Waals surface area contributed by atoms with Crippen LogP contribution in [0.1, 0.15) is 31.4 Å². The third-order valence-electron chi connectivity index (χ3n) is 5.06. The molecule has 0 bridgehead atoms. The lowest BCUT2D eigenvalue weighted by molar-refractivity contribution is 0.123. The lowest BCUT2D eigenvalue weighted by atomic mass is 10.2. The maximum absolute atomic E-state index is 5.48. The second-order valence-corrected chi connectivity index (χ2v) is 7.09. The molecule has 0 atom stereocenters. The van der Waals surface area contributed by atoms with Crippen molar-refractivity contribution in [1.29, 1.82) is 0 Å². The first-order chi connectivity index (χ1) is 12.8. The van der Waals surface area contributed by atoms with Gasteiger partial charge in [-0.3, -0.25) is 0 Å². The zero-order valence-electron chi connectivity index (χ0n) is 15.4. The number of hydrogen-bond donors (Lipinski definition) is 2. The molecule has 1 aliphatic carbocycles. The van der Waals surface area contributed by atoms with Crippen LogP contribution in [-0.2, 0) is 4.74 Å². The minimum Gasteiger partial charge on any atom is -0.378 e. The van der Waals surface area contributed by atoms with Crippen LogP contribution in [-0.4, -0.2) is 42.3 Å². The number of aromatic nitrogens is 2. The molecule has 26 heavy (non-hydrogen) atoms. The standard InChI is InChI=1S/C20H27N5O/c1-15-14-19(24-20(21-15)22-16-6-2-3-7-16)23-17-8-4-5-9-18(17)25-10-12-26-13-11-25/h4-5,8-9,14,16H,2-3,6-7,10-13H2,1H3,(H2,21,22,23,24). The van der Waals surface area contributed by atoms with Gasteiger partial charge >= 0.3 is 0 Å². The van der Waals surface area contributed by atoms with Crippen LogP contribution in [0, 0.1) is 6.92 Å². The molecule has 0 amide bonds. The van der Waals surface area contributed by atoms with E-state index in [1.807, 2.05) is 13.0 Å². The average Bonchev–Trinajstić information content (AvgIpc) is 3.15. The predicted molar refractivity (Wildman–Crippen MR) is 105 cm³/mol. The maximum Gasteiger partial charge on any atom is 0.225 e. The van der Waals surface area contributed by atoms with E-state index in [9.17, 15) is 0 Å². The second-order valence-electron chi connectivity index (χ2n) is 7.09. The number of aryl methyl sites for hydroxylation is 1. The smallest absolute Gasteiger partial charge is 0.225 e. The highest BCUT2D eigenvalue weighted by Gasteiger charge is 2.17. The summed E-state index contributed by atoms with van der Waals surface area (Å²) in [5.41, 5.74) is 3.23. The zero-order chi connectivity index (χ0) is 17.8. The Labute approximate surface area is 155 Å². The lowest BCUT2D eigenvalue weighted by Crippen LogP contribution is -2.36. The summed E-state index contributed by atoms with van der Waals surface area (Å²) in [6.45, 7) is 5.39. The highest BCUT2D eigenvalue weighted by atomic mass is 16.5. The third kappa shape index (κ3) is 4.07. The minimum atomic E-state index is 0.505. The molecule has 1 saturated heterocycles. The van der Waals surface area contributed by atoms with Gasteiger partial charge in [0.2, 0.25) is 5.95 Å². The number of hydrogen-bond acceptors (Lipinski definition) is 6. The van der Waals surface area contributed by atoms with E-state index in [4.69, 9.17) is 9.72 Å². The van der Waals surface area contributed by atoms with Crippen LogP contribution in [0.15, 0.2) is 30.3 Å². The summed E-state index contributed by atoms with van der Waals surface area (Å²) in [4.78, 5) is 11.6. The number of para-hydroxylation sites is 2. The van der Waals surface area contributed by atoms with Gasteiger partial charge in [-0.25, -0.2) is 4.98 Å². The van der Waals surface area contributed by atoms with Crippen molar-refractivity contribution in [3.63, 3.8) is 0 Å². The molecular weight excluding hydrogens is 326 g/mol. The van der Waals surface area contributed by atoms with Crippen LogP contribution in [0.3, 0.4) is 0 Å². The van der Waals surface area contributed by atoms with Crippen LogP contribution < -0.4 is 15.5 Å². The minimum absolute atomic E-state index is 0.505. The van der Waals surface area contributed by atoms with Gasteiger partial charge in [-0.2, -0.15) is 4.98 Å². The molecule has 1 aliphatic heterocycles. The molecule has 1 aromatic carbocycles. The fourth-order valence-electron chi connectivity index (χ4n) is 3.75. The summed E-state index contributed by atoms with van der Waals surface area (Å²) in [5.74, 6) is 1.56. The van der Waals surface area contributed by atoms with E-state index in [0.29, 0.717) is 6.04 Å². The third-order valence-corrected chi connectivity index (χ3v) is 5.06. The Morgan fingerprint density at radius 2 is 1.85 bits per heavy atom. The van der Waals surface area contributed by atoms with Gasteiger partial charge in [0.15, 0.2) is 0 Å². The van der Waals surface area contributed by atoms with Crippen molar-refractivity contribution in [3.05, 3.63) is 36.0 Å². The van der Waals surface area contributed by atoms with E-state index in [-0.39, 0.29) is 0 Å². The van der Waals surface area contributed by atoms with E-state index < -0.39 is 0 Å². The van der Waals surface area contributed by atoms with E-state index in [1.54, 1.807) is 0 Å². The Morgan fingerprint density at radius 3 is 2.65 bits per heavy atom. The molecule has 4 rings (SSSR count). The van der Waals surface area contributed by atoms with Crippen LogP contribution in [0.4, 0.5) is 23.1 Å². The molecule has 1 aromatic heterocycles. The largest absolute Gasteiger partial charge is 0.378 e. The van der Waals surface area contributed by atoms with E-state index in [1.165, 1.54) is 31.4 Å². The quantitative estimate of drug-likeness (QED) is 0.854.